The zero-order chi connectivity index (χ0) is 20.5. The molecule has 0 fully saturated rings. The first-order chi connectivity index (χ1) is 14.0. The van der Waals surface area contributed by atoms with E-state index < -0.39 is 23.9 Å². The van der Waals surface area contributed by atoms with E-state index in [9.17, 15) is 14.0 Å². The van der Waals surface area contributed by atoms with Gasteiger partial charge in [0.15, 0.2) is 5.82 Å². The van der Waals surface area contributed by atoms with Crippen LogP contribution in [0.15, 0.2) is 39.8 Å². The van der Waals surface area contributed by atoms with Gasteiger partial charge in [0.25, 0.3) is 11.4 Å². The Morgan fingerprint density at radius 1 is 1.45 bits per heavy atom. The predicted octanol–water partition coefficient (Wildman–Crippen LogP) is 2.27. The van der Waals surface area contributed by atoms with Crippen LogP contribution in [0.25, 0.3) is 11.5 Å². The molecule has 10 heteroatoms. The largest absolute Gasteiger partial charge is 0.467 e. The van der Waals surface area contributed by atoms with E-state index in [0.717, 1.165) is 0 Å². The third-order valence-corrected chi connectivity index (χ3v) is 4.77. The third kappa shape index (κ3) is 3.48. The molecule has 1 N–H and O–H groups in total. The fourth-order valence-electron chi connectivity index (χ4n) is 3.31. The molecule has 1 aromatic carbocycles. The highest BCUT2D eigenvalue weighted by atomic mass is 19.1. The number of hydrogen-bond acceptors (Lipinski definition) is 8. The van der Waals surface area contributed by atoms with Gasteiger partial charge in [0.2, 0.25) is 0 Å². The SMILES string of the molecule is COC(=O)[C@@H]1CCc2ncc(N[C@H](C)c3noc(-c4cccc(F)c4)n3)c(=O)n21. The monoisotopic (exact) mass is 399 g/mol. The lowest BCUT2D eigenvalue weighted by Crippen LogP contribution is -2.31. The van der Waals surface area contributed by atoms with E-state index in [4.69, 9.17) is 9.26 Å². The second-order valence-electron chi connectivity index (χ2n) is 6.67. The number of anilines is 1. The van der Waals surface area contributed by atoms with Crippen LogP contribution in [0.2, 0.25) is 0 Å². The number of hydrogen-bond donors (Lipinski definition) is 1. The van der Waals surface area contributed by atoms with Crippen LogP contribution in [0.1, 0.15) is 37.1 Å². The number of esters is 1. The lowest BCUT2D eigenvalue weighted by molar-refractivity contribution is -0.144. The van der Waals surface area contributed by atoms with Gasteiger partial charge in [0, 0.05) is 12.0 Å². The summed E-state index contributed by atoms with van der Waals surface area (Å²) < 4.78 is 24.7. The number of halogens is 1. The van der Waals surface area contributed by atoms with E-state index in [0.29, 0.717) is 30.1 Å². The molecule has 1 aliphatic rings. The summed E-state index contributed by atoms with van der Waals surface area (Å²) in [6, 6.07) is 4.64. The average Bonchev–Trinajstić information content (AvgIpc) is 3.37. The molecule has 0 saturated carbocycles. The highest BCUT2D eigenvalue weighted by Gasteiger charge is 2.32. The lowest BCUT2D eigenvalue weighted by Gasteiger charge is -2.15. The number of carbonyl (C=O) groups is 1. The minimum atomic E-state index is -0.684. The zero-order valence-corrected chi connectivity index (χ0v) is 15.8. The van der Waals surface area contributed by atoms with Gasteiger partial charge < -0.3 is 14.6 Å². The van der Waals surface area contributed by atoms with Crippen LogP contribution in [0, 0.1) is 5.82 Å². The second kappa shape index (κ2) is 7.46. The summed E-state index contributed by atoms with van der Waals surface area (Å²) in [5, 5.41) is 6.91. The molecule has 1 aliphatic heterocycles. The van der Waals surface area contributed by atoms with Gasteiger partial charge in [-0.1, -0.05) is 11.2 Å². The molecule has 3 aromatic rings. The quantitative estimate of drug-likeness (QED) is 0.650. The molecule has 0 amide bonds. The van der Waals surface area contributed by atoms with E-state index in [2.05, 4.69) is 20.4 Å². The van der Waals surface area contributed by atoms with Crippen LogP contribution < -0.4 is 10.9 Å². The van der Waals surface area contributed by atoms with Crippen molar-refractivity contribution in [3.8, 4) is 11.5 Å². The Bertz CT molecular complexity index is 1130. The number of ether oxygens (including phenoxy) is 1. The molecule has 29 heavy (non-hydrogen) atoms. The summed E-state index contributed by atoms with van der Waals surface area (Å²) in [6.07, 6.45) is 2.42. The molecular weight excluding hydrogens is 381 g/mol. The van der Waals surface area contributed by atoms with Gasteiger partial charge in [-0.15, -0.1) is 0 Å². The molecule has 0 radical (unpaired) electrons. The Labute approximate surface area is 164 Å². The lowest BCUT2D eigenvalue weighted by atomic mass is 10.2. The van der Waals surface area contributed by atoms with Crippen molar-refractivity contribution in [2.45, 2.75) is 31.8 Å². The molecular formula is C19H18FN5O4. The molecule has 9 nitrogen and oxygen atoms in total. The van der Waals surface area contributed by atoms with Crippen LogP contribution >= 0.6 is 0 Å². The topological polar surface area (TPSA) is 112 Å². The first-order valence-electron chi connectivity index (χ1n) is 9.02. The molecule has 0 bridgehead atoms. The van der Waals surface area contributed by atoms with Crippen molar-refractivity contribution in [2.75, 3.05) is 12.4 Å². The minimum Gasteiger partial charge on any atom is -0.467 e. The normalized spacial score (nSPS) is 16.3. The number of fused-ring (bicyclic) bond motifs is 1. The number of aryl methyl sites for hydroxylation is 1. The summed E-state index contributed by atoms with van der Waals surface area (Å²) >= 11 is 0. The molecule has 2 aromatic heterocycles. The third-order valence-electron chi connectivity index (χ3n) is 4.77. The molecule has 2 atom stereocenters. The van der Waals surface area contributed by atoms with Crippen LogP contribution in [-0.4, -0.2) is 32.8 Å². The van der Waals surface area contributed by atoms with E-state index >= 15 is 0 Å². The molecule has 150 valence electrons. The van der Waals surface area contributed by atoms with Gasteiger partial charge in [-0.25, -0.2) is 14.2 Å². The fourth-order valence-corrected chi connectivity index (χ4v) is 3.31. The Morgan fingerprint density at radius 2 is 2.28 bits per heavy atom. The Balaban J connectivity index is 1.58. The van der Waals surface area contributed by atoms with Crippen molar-refractivity contribution in [2.24, 2.45) is 0 Å². The number of nitrogens with one attached hydrogen (secondary N) is 1. The van der Waals surface area contributed by atoms with Crippen molar-refractivity contribution in [1.29, 1.82) is 0 Å². The van der Waals surface area contributed by atoms with Gasteiger partial charge in [0.05, 0.1) is 19.3 Å². The Kier molecular flexibility index (Phi) is 4.83. The molecule has 0 unspecified atom stereocenters. The van der Waals surface area contributed by atoms with Crippen molar-refractivity contribution >= 4 is 11.7 Å². The Hall–Kier alpha value is -3.56. The number of nitrogens with zero attached hydrogens (tertiary/aromatic N) is 4. The van der Waals surface area contributed by atoms with Crippen LogP contribution in [0.4, 0.5) is 10.1 Å². The summed E-state index contributed by atoms with van der Waals surface area (Å²) in [5.41, 5.74) is 0.286. The number of aromatic nitrogens is 4. The number of carbonyl (C=O) groups excluding carboxylic acids is 1. The summed E-state index contributed by atoms with van der Waals surface area (Å²) in [5.74, 6) is 0.111. The maximum atomic E-state index is 13.4. The number of rotatable bonds is 5. The highest BCUT2D eigenvalue weighted by Crippen LogP contribution is 2.25. The first-order valence-corrected chi connectivity index (χ1v) is 9.02. The van der Waals surface area contributed by atoms with Crippen molar-refractivity contribution in [3.63, 3.8) is 0 Å². The van der Waals surface area contributed by atoms with Crippen molar-refractivity contribution < 1.29 is 18.4 Å². The van der Waals surface area contributed by atoms with Gasteiger partial charge in [-0.2, -0.15) is 4.98 Å². The smallest absolute Gasteiger partial charge is 0.329 e. The molecule has 0 aliphatic carbocycles. The summed E-state index contributed by atoms with van der Waals surface area (Å²) in [4.78, 5) is 33.4. The Morgan fingerprint density at radius 3 is 3.03 bits per heavy atom. The molecule has 3 heterocycles. The van der Waals surface area contributed by atoms with Crippen LogP contribution in [-0.2, 0) is 16.0 Å². The molecule has 0 spiro atoms. The fraction of sp³-hybridized carbons (Fsp3) is 0.316. The first kappa shape index (κ1) is 18.8. The van der Waals surface area contributed by atoms with E-state index in [1.54, 1.807) is 19.1 Å². The molecule has 0 saturated heterocycles. The minimum absolute atomic E-state index is 0.169. The van der Waals surface area contributed by atoms with Crippen LogP contribution in [0.3, 0.4) is 0 Å². The zero-order valence-electron chi connectivity index (χ0n) is 15.8. The average molecular weight is 399 g/mol. The van der Waals surface area contributed by atoms with Gasteiger partial charge >= 0.3 is 5.97 Å². The van der Waals surface area contributed by atoms with E-state index in [-0.39, 0.29) is 17.1 Å². The van der Waals surface area contributed by atoms with E-state index in [1.165, 1.54) is 30.0 Å². The maximum Gasteiger partial charge on any atom is 0.329 e. The van der Waals surface area contributed by atoms with Crippen LogP contribution in [0.5, 0.6) is 0 Å². The number of benzene rings is 1. The summed E-state index contributed by atoms with van der Waals surface area (Å²) in [7, 11) is 1.29. The van der Waals surface area contributed by atoms with Gasteiger partial charge in [-0.05, 0) is 31.5 Å². The second-order valence-corrected chi connectivity index (χ2v) is 6.67. The van der Waals surface area contributed by atoms with E-state index in [1.807, 2.05) is 0 Å². The predicted molar refractivity (Wildman–Crippen MR) is 99.6 cm³/mol. The summed E-state index contributed by atoms with van der Waals surface area (Å²) in [6.45, 7) is 1.75. The van der Waals surface area contributed by atoms with Gasteiger partial charge in [-0.3, -0.25) is 9.36 Å². The molecule has 4 rings (SSSR count). The highest BCUT2D eigenvalue weighted by molar-refractivity contribution is 5.74. The maximum absolute atomic E-state index is 13.4. The van der Waals surface area contributed by atoms with Crippen molar-refractivity contribution in [1.82, 2.24) is 19.7 Å². The standard InChI is InChI=1S/C19H18FN5O4/c1-10(16-23-17(29-24-16)11-4-3-5-12(20)8-11)22-13-9-21-15-7-6-14(19(27)28-2)25(15)18(13)26/h3-5,8-10,14,22H,6-7H2,1-2H3/t10-,14+/m1/s1. The number of methoxy groups -OCH3 is 1. The van der Waals surface area contributed by atoms with Gasteiger partial charge in [0.1, 0.15) is 23.4 Å². The van der Waals surface area contributed by atoms with Crippen molar-refractivity contribution in [3.05, 3.63) is 58.3 Å².